The summed E-state index contributed by atoms with van der Waals surface area (Å²) in [5.74, 6) is 1.05. The number of ketones is 1. The number of pyridine rings is 1. The number of hydrogen-bond donors (Lipinski definition) is 1. The third kappa shape index (κ3) is 6.36. The number of carbonyl (C=O) groups excluding carboxylic acids is 1. The van der Waals surface area contributed by atoms with Crippen molar-refractivity contribution in [3.63, 3.8) is 0 Å². The zero-order valence-electron chi connectivity index (χ0n) is 19.4. The quantitative estimate of drug-likeness (QED) is 0.335. The van der Waals surface area contributed by atoms with E-state index in [0.717, 1.165) is 5.70 Å². The molecule has 1 aliphatic heterocycles. The summed E-state index contributed by atoms with van der Waals surface area (Å²) in [6.45, 7) is 0.701. The first-order chi connectivity index (χ1) is 17.2. The van der Waals surface area contributed by atoms with E-state index in [1.165, 1.54) is 35.3 Å². The van der Waals surface area contributed by atoms with Crippen LogP contribution in [0.2, 0.25) is 0 Å². The molecular formula is C24H24F3N5O3S. The van der Waals surface area contributed by atoms with Crippen LogP contribution in [0.1, 0.15) is 35.4 Å². The second-order valence-electron chi connectivity index (χ2n) is 8.22. The molecule has 3 heterocycles. The van der Waals surface area contributed by atoms with E-state index in [4.69, 9.17) is 4.74 Å². The highest BCUT2D eigenvalue weighted by molar-refractivity contribution is 7.83. The van der Waals surface area contributed by atoms with Crippen molar-refractivity contribution in [2.45, 2.75) is 32.2 Å². The second kappa shape index (κ2) is 11.0. The predicted molar refractivity (Wildman–Crippen MR) is 129 cm³/mol. The van der Waals surface area contributed by atoms with Gasteiger partial charge in [0.05, 0.1) is 13.2 Å². The molecule has 0 saturated heterocycles. The first-order valence-corrected chi connectivity index (χ1v) is 11.7. The zero-order chi connectivity index (χ0) is 25.7. The van der Waals surface area contributed by atoms with Gasteiger partial charge in [-0.3, -0.25) is 4.79 Å². The van der Waals surface area contributed by atoms with Crippen LogP contribution < -0.4 is 14.4 Å². The Hall–Kier alpha value is -3.54. The average molecular weight is 520 g/mol. The molecule has 36 heavy (non-hydrogen) atoms. The third-order valence-corrected chi connectivity index (χ3v) is 5.95. The second-order valence-corrected chi connectivity index (χ2v) is 8.48. The Morgan fingerprint density at radius 3 is 2.75 bits per heavy atom. The van der Waals surface area contributed by atoms with Crippen molar-refractivity contribution < 1.29 is 27.4 Å². The molecule has 1 aliphatic rings. The Morgan fingerprint density at radius 1 is 1.25 bits per heavy atom. The minimum atomic E-state index is -4.74. The number of aromatic nitrogens is 4. The fourth-order valence-corrected chi connectivity index (χ4v) is 4.33. The summed E-state index contributed by atoms with van der Waals surface area (Å²) >= 11 is 4.38. The van der Waals surface area contributed by atoms with Gasteiger partial charge in [0.2, 0.25) is 11.6 Å². The molecule has 0 unspecified atom stereocenters. The number of anilines is 1. The summed E-state index contributed by atoms with van der Waals surface area (Å²) in [5, 5.41) is 5.96. The molecule has 0 fully saturated rings. The van der Waals surface area contributed by atoms with Crippen molar-refractivity contribution in [3.8, 4) is 11.5 Å². The maximum atomic E-state index is 12.6. The third-order valence-electron chi connectivity index (χ3n) is 5.69. The summed E-state index contributed by atoms with van der Waals surface area (Å²) < 4.78 is 48.2. The largest absolute Gasteiger partial charge is 0.573 e. The van der Waals surface area contributed by atoms with Gasteiger partial charge in [-0.15, -0.1) is 30.9 Å². The number of thiol groups is 1. The molecule has 190 valence electrons. The van der Waals surface area contributed by atoms with Crippen molar-refractivity contribution in [2.75, 3.05) is 18.6 Å². The highest BCUT2D eigenvalue weighted by Gasteiger charge is 2.31. The minimum Gasteiger partial charge on any atom is -0.489 e. The monoisotopic (exact) mass is 519 g/mol. The first-order valence-electron chi connectivity index (χ1n) is 11.2. The van der Waals surface area contributed by atoms with Crippen molar-refractivity contribution >= 4 is 24.2 Å². The van der Waals surface area contributed by atoms with E-state index in [0.29, 0.717) is 36.6 Å². The van der Waals surface area contributed by atoms with Gasteiger partial charge in [-0.2, -0.15) is 0 Å². The highest BCUT2D eigenvalue weighted by Crippen LogP contribution is 2.35. The molecule has 4 rings (SSSR count). The molecule has 0 spiro atoms. The highest BCUT2D eigenvalue weighted by atomic mass is 32.1. The number of nitrogens with zero attached hydrogens (tertiary/aromatic N) is 5. The van der Waals surface area contributed by atoms with Crippen LogP contribution in [0.25, 0.3) is 0 Å². The van der Waals surface area contributed by atoms with Crippen LogP contribution in [0, 0.1) is 5.92 Å². The van der Waals surface area contributed by atoms with E-state index in [-0.39, 0.29) is 36.2 Å². The van der Waals surface area contributed by atoms with Gasteiger partial charge in [-0.1, -0.05) is 12.1 Å². The number of fused-ring (bicyclic) bond motifs is 1. The normalized spacial score (nSPS) is 16.9. The van der Waals surface area contributed by atoms with Crippen LogP contribution in [0.5, 0.6) is 11.5 Å². The van der Waals surface area contributed by atoms with Crippen molar-refractivity contribution in [1.82, 2.24) is 19.7 Å². The first kappa shape index (κ1) is 25.5. The molecule has 0 aliphatic carbocycles. The van der Waals surface area contributed by atoms with Gasteiger partial charge in [0.25, 0.3) is 0 Å². The molecule has 0 bridgehead atoms. The molecule has 3 aromatic rings. The number of Topliss-reactive ketones (excluding diaryl/α,β-unsaturated/α-hetero) is 1. The zero-order valence-corrected chi connectivity index (χ0v) is 20.2. The lowest BCUT2D eigenvalue weighted by molar-refractivity contribution is -0.274. The SMILES string of the molecule is CN1/C(=C/S)[C@@H](CCCC(=O)c2ncn(Cc3ccc(OC(F)(F)F)cc3)n2)COc2cccnc21. The summed E-state index contributed by atoms with van der Waals surface area (Å²) in [5.41, 5.74) is 1.64. The molecule has 12 heteroatoms. The standard InChI is InChI=1S/C24H24F3N5O3S/c1-31-19(14-36)17(13-34-21-6-3-11-28-23(21)31)4-2-5-20(33)22-29-15-32(30-22)12-16-7-9-18(10-8-16)35-24(25,26)27/h3,6-11,14-15,17,36H,2,4-5,12-13H2,1H3/b19-14+/t17-/m0/s1. The molecule has 0 saturated carbocycles. The molecule has 1 atom stereocenters. The molecule has 8 nitrogen and oxygen atoms in total. The number of ether oxygens (including phenoxy) is 2. The van der Waals surface area contributed by atoms with Gasteiger partial charge in [0.1, 0.15) is 12.1 Å². The van der Waals surface area contributed by atoms with Gasteiger partial charge in [-0.05, 0) is 48.1 Å². The summed E-state index contributed by atoms with van der Waals surface area (Å²) in [4.78, 5) is 23.1. The number of hydrogen-bond acceptors (Lipinski definition) is 8. The number of benzene rings is 1. The van der Waals surface area contributed by atoms with E-state index in [2.05, 4.69) is 32.4 Å². The summed E-state index contributed by atoms with van der Waals surface area (Å²) in [7, 11) is 1.91. The van der Waals surface area contributed by atoms with E-state index in [1.54, 1.807) is 11.6 Å². The van der Waals surface area contributed by atoms with Crippen LogP contribution >= 0.6 is 12.6 Å². The molecule has 0 amide bonds. The number of halogens is 3. The fourth-order valence-electron chi connectivity index (χ4n) is 3.94. The van der Waals surface area contributed by atoms with Crippen LogP contribution in [0.15, 0.2) is 60.0 Å². The predicted octanol–water partition coefficient (Wildman–Crippen LogP) is 4.89. The lowest BCUT2D eigenvalue weighted by Crippen LogP contribution is -2.24. The maximum absolute atomic E-state index is 12.6. The molecule has 2 aromatic heterocycles. The van der Waals surface area contributed by atoms with Crippen LogP contribution in [-0.4, -0.2) is 45.5 Å². The van der Waals surface area contributed by atoms with Crippen LogP contribution in [0.4, 0.5) is 19.0 Å². The Kier molecular flexibility index (Phi) is 7.82. The van der Waals surface area contributed by atoms with Gasteiger partial charge in [0.15, 0.2) is 11.6 Å². The van der Waals surface area contributed by atoms with E-state index in [9.17, 15) is 18.0 Å². The topological polar surface area (TPSA) is 82.4 Å². The van der Waals surface area contributed by atoms with Crippen molar-refractivity contribution in [1.29, 1.82) is 0 Å². The van der Waals surface area contributed by atoms with Gasteiger partial charge < -0.3 is 14.4 Å². The Labute approximate surface area is 211 Å². The van der Waals surface area contributed by atoms with E-state index < -0.39 is 6.36 Å². The lowest BCUT2D eigenvalue weighted by Gasteiger charge is -2.24. The summed E-state index contributed by atoms with van der Waals surface area (Å²) in [6.07, 6.45) is -0.0491. The van der Waals surface area contributed by atoms with E-state index >= 15 is 0 Å². The Balaban J connectivity index is 1.30. The van der Waals surface area contributed by atoms with Crippen molar-refractivity contribution in [3.05, 3.63) is 71.4 Å². The fraction of sp³-hybridized carbons (Fsp3) is 0.333. The Morgan fingerprint density at radius 2 is 2.03 bits per heavy atom. The Bertz CT molecular complexity index is 1230. The van der Waals surface area contributed by atoms with E-state index in [1.807, 2.05) is 24.1 Å². The summed E-state index contributed by atoms with van der Waals surface area (Å²) in [6, 6.07) is 9.13. The average Bonchev–Trinajstić information content (AvgIpc) is 3.26. The van der Waals surface area contributed by atoms with Gasteiger partial charge in [-0.25, -0.2) is 14.6 Å². The number of rotatable bonds is 8. The molecule has 1 aromatic carbocycles. The molecule has 0 N–H and O–H groups in total. The van der Waals surface area contributed by atoms with Crippen LogP contribution in [0.3, 0.4) is 0 Å². The number of alkyl halides is 3. The minimum absolute atomic E-state index is 0.0318. The lowest BCUT2D eigenvalue weighted by atomic mass is 9.98. The molecular weight excluding hydrogens is 495 g/mol. The molecule has 0 radical (unpaired) electrons. The smallest absolute Gasteiger partial charge is 0.489 e. The van der Waals surface area contributed by atoms with Gasteiger partial charge >= 0.3 is 6.36 Å². The maximum Gasteiger partial charge on any atom is 0.573 e. The van der Waals surface area contributed by atoms with Crippen LogP contribution in [-0.2, 0) is 6.54 Å². The van der Waals surface area contributed by atoms with Gasteiger partial charge in [0, 0.05) is 31.3 Å². The number of carbonyl (C=O) groups is 1. The van der Waals surface area contributed by atoms with Crippen molar-refractivity contribution in [2.24, 2.45) is 5.92 Å².